The molecule has 0 aromatic heterocycles. The van der Waals surface area contributed by atoms with Gasteiger partial charge in [0, 0.05) is 16.7 Å². The Morgan fingerprint density at radius 1 is 1.24 bits per heavy atom. The van der Waals surface area contributed by atoms with E-state index in [4.69, 9.17) is 23.7 Å². The molecule has 7 nitrogen and oxygen atoms in total. The van der Waals surface area contributed by atoms with Gasteiger partial charge < -0.3 is 29.0 Å². The number of halogens is 3. The molecule has 2 heterocycles. The van der Waals surface area contributed by atoms with Gasteiger partial charge in [0.25, 0.3) is 6.47 Å². The van der Waals surface area contributed by atoms with E-state index in [-0.39, 0.29) is 6.79 Å². The lowest BCUT2D eigenvalue weighted by atomic mass is 9.82. The smallest absolute Gasteiger partial charge is 0.301 e. The van der Waals surface area contributed by atoms with Crippen LogP contribution in [0.3, 0.4) is 0 Å². The quantitative estimate of drug-likeness (QED) is 0.181. The van der Waals surface area contributed by atoms with E-state index in [2.05, 4.69) is 11.9 Å². The summed E-state index contributed by atoms with van der Waals surface area (Å²) in [6.45, 7) is 7.03. The van der Waals surface area contributed by atoms with Crippen LogP contribution in [0.15, 0.2) is 59.9 Å². The molecule has 2 aliphatic rings. The van der Waals surface area contributed by atoms with Crippen molar-refractivity contribution in [2.45, 2.75) is 44.8 Å². The molecule has 0 bridgehead atoms. The number of nitrogens with one attached hydrogen (secondary N) is 1. The molecular weight excluding hydrogens is 539 g/mol. The topological polar surface area (TPSA) is 75.3 Å². The number of methoxy groups -OCH3 is 2. The third-order valence-electron chi connectivity index (χ3n) is 7.40. The minimum absolute atomic E-state index is 0.105. The van der Waals surface area contributed by atoms with Crippen LogP contribution in [0.25, 0.3) is 11.1 Å². The summed E-state index contributed by atoms with van der Waals surface area (Å²) in [4.78, 5) is 11.7. The van der Waals surface area contributed by atoms with E-state index in [1.165, 1.54) is 25.3 Å². The van der Waals surface area contributed by atoms with Crippen molar-refractivity contribution in [3.63, 3.8) is 0 Å². The van der Waals surface area contributed by atoms with E-state index in [1.807, 2.05) is 13.8 Å². The molecule has 0 saturated carbocycles. The highest BCUT2D eigenvalue weighted by Crippen LogP contribution is 2.55. The molecule has 0 saturated heterocycles. The highest BCUT2D eigenvalue weighted by Gasteiger charge is 2.40. The fraction of sp³-hybridized carbons (Fsp3) is 0.387. The van der Waals surface area contributed by atoms with E-state index < -0.39 is 30.3 Å². The van der Waals surface area contributed by atoms with Crippen LogP contribution in [-0.2, 0) is 26.6 Å². The van der Waals surface area contributed by atoms with Gasteiger partial charge in [-0.25, -0.2) is 4.39 Å². The number of ether oxygens (including phenoxy) is 5. The zero-order chi connectivity index (χ0) is 29.7. The summed E-state index contributed by atoms with van der Waals surface area (Å²) in [5.41, 5.74) is 3.36. The Kier molecular flexibility index (Phi) is 9.32. The molecule has 41 heavy (non-hydrogen) atoms. The van der Waals surface area contributed by atoms with Gasteiger partial charge in [-0.1, -0.05) is 37.8 Å². The van der Waals surface area contributed by atoms with Crippen LogP contribution in [0.4, 0.5) is 13.2 Å². The summed E-state index contributed by atoms with van der Waals surface area (Å²) < 4.78 is 70.4. The standard InChI is InChI=1S/C31H34F3NO6/c1-6-18(2)23(37-4)11-10-19(3)27(39-16-36)26-25-22(12-13-35-26)24(29-30(28(25)38-5)41-17-40-29)20-8-7-9-21(14-20)31(33,34)15-32/h7-11,14,16,26-27,35H,3,6,12-13,15,17H2,1-2,4-5H3/b11-10-,23-18+. The molecule has 10 heteroatoms. The molecule has 2 aliphatic heterocycles. The Balaban J connectivity index is 1.89. The SMILES string of the molecule is C=C(/C=C\C(OC)=C(\C)CC)C(OC=O)C1NCCc2c(-c3cccc(C(F)(F)CF)c3)c3c(c(OC)c21)OCO3. The molecule has 0 radical (unpaired) electrons. The van der Waals surface area contributed by atoms with Crippen molar-refractivity contribution in [1.82, 2.24) is 5.32 Å². The maximum Gasteiger partial charge on any atom is 0.301 e. The number of hydrogen-bond acceptors (Lipinski definition) is 7. The molecule has 2 aromatic rings. The third kappa shape index (κ3) is 5.79. The first-order chi connectivity index (χ1) is 19.7. The molecule has 0 amide bonds. The van der Waals surface area contributed by atoms with Crippen molar-refractivity contribution < 1.29 is 41.7 Å². The molecule has 2 aromatic carbocycles. The average Bonchev–Trinajstić information content (AvgIpc) is 3.47. The van der Waals surface area contributed by atoms with Crippen LogP contribution in [-0.4, -0.2) is 46.8 Å². The second kappa shape index (κ2) is 12.7. The Morgan fingerprint density at radius 2 is 2.00 bits per heavy atom. The lowest BCUT2D eigenvalue weighted by molar-refractivity contribution is -0.133. The summed E-state index contributed by atoms with van der Waals surface area (Å²) in [7, 11) is 3.06. The summed E-state index contributed by atoms with van der Waals surface area (Å²) in [6, 6.07) is 4.93. The van der Waals surface area contributed by atoms with Crippen molar-refractivity contribution >= 4 is 6.47 Å². The second-order valence-electron chi connectivity index (χ2n) is 9.73. The number of fused-ring (bicyclic) bond motifs is 2. The van der Waals surface area contributed by atoms with Gasteiger partial charge in [-0.15, -0.1) is 0 Å². The molecule has 2 unspecified atom stereocenters. The van der Waals surface area contributed by atoms with E-state index >= 15 is 0 Å². The Bertz CT molecular complexity index is 1370. The van der Waals surface area contributed by atoms with Gasteiger partial charge in [0.15, 0.2) is 18.2 Å². The van der Waals surface area contributed by atoms with Crippen LogP contribution in [0, 0.1) is 0 Å². The summed E-state index contributed by atoms with van der Waals surface area (Å²) in [6.07, 6.45) is 3.89. The molecule has 0 aliphatic carbocycles. The summed E-state index contributed by atoms with van der Waals surface area (Å²) >= 11 is 0. The maximum absolute atomic E-state index is 14.3. The number of allylic oxidation sites excluding steroid dienone is 2. The summed E-state index contributed by atoms with van der Waals surface area (Å²) in [5, 5.41) is 3.40. The van der Waals surface area contributed by atoms with Crippen molar-refractivity contribution in [1.29, 1.82) is 0 Å². The normalized spacial score (nSPS) is 17.5. The predicted molar refractivity (Wildman–Crippen MR) is 148 cm³/mol. The van der Waals surface area contributed by atoms with Crippen LogP contribution in [0.5, 0.6) is 17.2 Å². The van der Waals surface area contributed by atoms with Gasteiger partial charge in [0.1, 0.15) is 11.9 Å². The number of alkyl halides is 3. The fourth-order valence-corrected chi connectivity index (χ4v) is 5.23. The van der Waals surface area contributed by atoms with Crippen LogP contribution in [0.2, 0.25) is 0 Å². The average molecular weight is 574 g/mol. The van der Waals surface area contributed by atoms with Gasteiger partial charge in [0.2, 0.25) is 12.5 Å². The van der Waals surface area contributed by atoms with Crippen LogP contribution < -0.4 is 19.5 Å². The number of benzene rings is 2. The van der Waals surface area contributed by atoms with Crippen LogP contribution >= 0.6 is 0 Å². The first-order valence-electron chi connectivity index (χ1n) is 13.2. The van der Waals surface area contributed by atoms with Crippen molar-refractivity contribution in [2.24, 2.45) is 0 Å². The molecule has 2 atom stereocenters. The van der Waals surface area contributed by atoms with Crippen LogP contribution in [0.1, 0.15) is 43.0 Å². The highest BCUT2D eigenvalue weighted by molar-refractivity contribution is 5.83. The zero-order valence-corrected chi connectivity index (χ0v) is 23.5. The summed E-state index contributed by atoms with van der Waals surface area (Å²) in [5.74, 6) is -1.96. The third-order valence-corrected chi connectivity index (χ3v) is 7.40. The Labute approximate surface area is 237 Å². The first-order valence-corrected chi connectivity index (χ1v) is 13.2. The molecule has 0 spiro atoms. The number of carbonyl (C=O) groups is 1. The van der Waals surface area contributed by atoms with Crippen molar-refractivity contribution in [3.8, 4) is 28.4 Å². The monoisotopic (exact) mass is 573 g/mol. The molecule has 4 rings (SSSR count). The predicted octanol–water partition coefficient (Wildman–Crippen LogP) is 6.32. The zero-order valence-electron chi connectivity index (χ0n) is 23.5. The number of carbonyl (C=O) groups excluding carboxylic acids is 1. The van der Waals surface area contributed by atoms with Gasteiger partial charge in [-0.3, -0.25) is 4.79 Å². The number of rotatable bonds is 12. The van der Waals surface area contributed by atoms with E-state index in [1.54, 1.807) is 25.3 Å². The Morgan fingerprint density at radius 3 is 2.66 bits per heavy atom. The van der Waals surface area contributed by atoms with Gasteiger partial charge in [-0.05, 0) is 60.7 Å². The van der Waals surface area contributed by atoms with Crippen molar-refractivity contribution in [2.75, 3.05) is 34.2 Å². The molecular formula is C31H34F3NO6. The minimum Gasteiger partial charge on any atom is -0.497 e. The van der Waals surface area contributed by atoms with E-state index in [0.29, 0.717) is 64.7 Å². The lowest BCUT2D eigenvalue weighted by Crippen LogP contribution is -2.40. The molecule has 1 N–H and O–H groups in total. The second-order valence-corrected chi connectivity index (χ2v) is 9.73. The maximum atomic E-state index is 14.3. The van der Waals surface area contributed by atoms with E-state index in [0.717, 1.165) is 17.6 Å². The molecule has 220 valence electrons. The van der Waals surface area contributed by atoms with Gasteiger partial charge in [-0.2, -0.15) is 8.78 Å². The highest BCUT2D eigenvalue weighted by atomic mass is 19.3. The first kappa shape index (κ1) is 30.0. The van der Waals surface area contributed by atoms with Gasteiger partial charge >= 0.3 is 5.92 Å². The van der Waals surface area contributed by atoms with E-state index in [9.17, 15) is 18.0 Å². The Hall–Kier alpha value is -3.92. The fourth-order valence-electron chi connectivity index (χ4n) is 5.23. The molecule has 0 fully saturated rings. The largest absolute Gasteiger partial charge is 0.497 e. The van der Waals surface area contributed by atoms with Gasteiger partial charge in [0.05, 0.1) is 20.3 Å². The number of hydrogen-bond donors (Lipinski definition) is 1. The lowest BCUT2D eigenvalue weighted by Gasteiger charge is -2.35. The minimum atomic E-state index is -3.65. The van der Waals surface area contributed by atoms with Crippen molar-refractivity contribution in [3.05, 3.63) is 76.6 Å².